The molecule has 0 saturated heterocycles. The molecule has 0 heterocycles. The number of carboxylic acid groups (broad SMARTS) is 1. The summed E-state index contributed by atoms with van der Waals surface area (Å²) in [6, 6.07) is 4.98. The molecule has 0 bridgehead atoms. The molecule has 20 heavy (non-hydrogen) atoms. The third-order valence-corrected chi connectivity index (χ3v) is 4.25. The zero-order valence-electron chi connectivity index (χ0n) is 11.0. The third kappa shape index (κ3) is 2.91. The molecule has 108 valence electrons. The van der Waals surface area contributed by atoms with Gasteiger partial charge in [-0.15, -0.1) is 0 Å². The molecule has 1 aliphatic carbocycles. The van der Waals surface area contributed by atoms with Gasteiger partial charge in [0.05, 0.1) is 0 Å². The van der Waals surface area contributed by atoms with Crippen LogP contribution in [-0.2, 0) is 16.0 Å². The highest BCUT2D eigenvalue weighted by molar-refractivity contribution is 6.36. The average molecular weight is 316 g/mol. The number of nitrogens with one attached hydrogen (secondary N) is 1. The lowest BCUT2D eigenvalue weighted by Gasteiger charge is -2.18. The van der Waals surface area contributed by atoms with E-state index in [4.69, 9.17) is 28.3 Å². The standard InChI is InChI=1S/C14H15Cl2NO3/c1-8(7-9-10(15)3-2-4-11(9)16)17-12(18)14(5-6-14)13(19)20/h2-4,8H,5-7H2,1H3,(H,17,18)(H,19,20). The van der Waals surface area contributed by atoms with E-state index in [1.54, 1.807) is 25.1 Å². The minimum atomic E-state index is -1.22. The molecule has 1 saturated carbocycles. The maximum Gasteiger partial charge on any atom is 0.319 e. The Bertz CT molecular complexity index is 535. The smallest absolute Gasteiger partial charge is 0.319 e. The Morgan fingerprint density at radius 3 is 2.35 bits per heavy atom. The molecule has 2 rings (SSSR count). The summed E-state index contributed by atoms with van der Waals surface area (Å²) in [5, 5.41) is 12.9. The topological polar surface area (TPSA) is 66.4 Å². The molecule has 1 aliphatic rings. The molecule has 1 atom stereocenters. The number of amides is 1. The van der Waals surface area contributed by atoms with E-state index in [2.05, 4.69) is 5.32 Å². The number of halogens is 2. The van der Waals surface area contributed by atoms with Crippen LogP contribution in [0, 0.1) is 5.41 Å². The molecule has 0 spiro atoms. The molecule has 1 unspecified atom stereocenters. The summed E-state index contributed by atoms with van der Waals surface area (Å²) in [6.07, 6.45) is 1.25. The second kappa shape index (κ2) is 5.62. The first-order chi connectivity index (χ1) is 9.36. The van der Waals surface area contributed by atoms with E-state index in [0.717, 1.165) is 5.56 Å². The van der Waals surface area contributed by atoms with Crippen LogP contribution < -0.4 is 5.32 Å². The van der Waals surface area contributed by atoms with Gasteiger partial charge in [0.1, 0.15) is 5.41 Å². The zero-order chi connectivity index (χ0) is 14.9. The van der Waals surface area contributed by atoms with Crippen molar-refractivity contribution < 1.29 is 14.7 Å². The van der Waals surface area contributed by atoms with E-state index in [0.29, 0.717) is 29.3 Å². The van der Waals surface area contributed by atoms with Crippen LogP contribution in [0.5, 0.6) is 0 Å². The van der Waals surface area contributed by atoms with E-state index in [1.807, 2.05) is 0 Å². The monoisotopic (exact) mass is 315 g/mol. The van der Waals surface area contributed by atoms with Crippen molar-refractivity contribution >= 4 is 35.1 Å². The van der Waals surface area contributed by atoms with Crippen LogP contribution in [-0.4, -0.2) is 23.0 Å². The maximum atomic E-state index is 12.0. The lowest BCUT2D eigenvalue weighted by Crippen LogP contribution is -2.42. The molecule has 0 aromatic heterocycles. The van der Waals surface area contributed by atoms with Crippen molar-refractivity contribution in [2.45, 2.75) is 32.2 Å². The van der Waals surface area contributed by atoms with Gasteiger partial charge in [0.25, 0.3) is 0 Å². The van der Waals surface area contributed by atoms with Crippen molar-refractivity contribution in [1.29, 1.82) is 0 Å². The number of rotatable bonds is 5. The fourth-order valence-electron chi connectivity index (χ4n) is 2.11. The summed E-state index contributed by atoms with van der Waals surface area (Å²) < 4.78 is 0. The Hall–Kier alpha value is -1.26. The number of hydrogen-bond acceptors (Lipinski definition) is 2. The summed E-state index contributed by atoms with van der Waals surface area (Å²) in [4.78, 5) is 23.1. The Balaban J connectivity index is 2.01. The number of benzene rings is 1. The quantitative estimate of drug-likeness (QED) is 0.821. The number of carboxylic acids is 1. The minimum absolute atomic E-state index is 0.239. The molecule has 2 N–H and O–H groups in total. The molecule has 6 heteroatoms. The van der Waals surface area contributed by atoms with Gasteiger partial charge in [-0.3, -0.25) is 9.59 Å². The largest absolute Gasteiger partial charge is 0.480 e. The van der Waals surface area contributed by atoms with Crippen LogP contribution in [0.15, 0.2) is 18.2 Å². The van der Waals surface area contributed by atoms with Gasteiger partial charge in [0.2, 0.25) is 5.91 Å². The second-order valence-electron chi connectivity index (χ2n) is 5.17. The van der Waals surface area contributed by atoms with Gasteiger partial charge in [0.15, 0.2) is 0 Å². The molecule has 1 aromatic rings. The predicted molar refractivity (Wildman–Crippen MR) is 77.1 cm³/mol. The van der Waals surface area contributed by atoms with E-state index in [1.165, 1.54) is 0 Å². The fraction of sp³-hybridized carbons (Fsp3) is 0.429. The molecule has 1 fully saturated rings. The van der Waals surface area contributed by atoms with Gasteiger partial charge in [-0.05, 0) is 43.9 Å². The molecule has 1 aromatic carbocycles. The fourth-order valence-corrected chi connectivity index (χ4v) is 2.66. The summed E-state index contributed by atoms with van der Waals surface area (Å²) in [7, 11) is 0. The number of carbonyl (C=O) groups is 2. The van der Waals surface area contributed by atoms with Crippen molar-refractivity contribution in [3.8, 4) is 0 Å². The summed E-state index contributed by atoms with van der Waals surface area (Å²) >= 11 is 12.1. The molecular weight excluding hydrogens is 301 g/mol. The minimum Gasteiger partial charge on any atom is -0.480 e. The van der Waals surface area contributed by atoms with Crippen molar-refractivity contribution in [3.05, 3.63) is 33.8 Å². The van der Waals surface area contributed by atoms with Crippen molar-refractivity contribution in [2.75, 3.05) is 0 Å². The van der Waals surface area contributed by atoms with Gasteiger partial charge in [-0.1, -0.05) is 29.3 Å². The van der Waals surface area contributed by atoms with E-state index in [9.17, 15) is 9.59 Å². The van der Waals surface area contributed by atoms with Crippen molar-refractivity contribution in [2.24, 2.45) is 5.41 Å². The number of carbonyl (C=O) groups excluding carboxylic acids is 1. The molecular formula is C14H15Cl2NO3. The van der Waals surface area contributed by atoms with Crippen molar-refractivity contribution in [1.82, 2.24) is 5.32 Å². The Kier molecular flexibility index (Phi) is 4.25. The summed E-state index contributed by atoms with van der Waals surface area (Å²) in [6.45, 7) is 1.80. The van der Waals surface area contributed by atoms with E-state index in [-0.39, 0.29) is 6.04 Å². The molecule has 0 radical (unpaired) electrons. The maximum absolute atomic E-state index is 12.0. The molecule has 1 amide bonds. The van der Waals surface area contributed by atoms with E-state index < -0.39 is 17.3 Å². The van der Waals surface area contributed by atoms with Crippen LogP contribution >= 0.6 is 23.2 Å². The van der Waals surface area contributed by atoms with Gasteiger partial charge in [-0.25, -0.2) is 0 Å². The highest BCUT2D eigenvalue weighted by atomic mass is 35.5. The lowest BCUT2D eigenvalue weighted by atomic mass is 10.0. The van der Waals surface area contributed by atoms with Crippen LogP contribution in [0.1, 0.15) is 25.3 Å². The summed E-state index contributed by atoms with van der Waals surface area (Å²) in [5.41, 5.74) is -0.470. The van der Waals surface area contributed by atoms with Gasteiger partial charge in [0, 0.05) is 16.1 Å². The zero-order valence-corrected chi connectivity index (χ0v) is 12.5. The van der Waals surface area contributed by atoms with Crippen molar-refractivity contribution in [3.63, 3.8) is 0 Å². The van der Waals surface area contributed by atoms with Gasteiger partial charge < -0.3 is 10.4 Å². The predicted octanol–water partition coefficient (Wildman–Crippen LogP) is 2.91. The number of hydrogen-bond donors (Lipinski definition) is 2. The lowest BCUT2D eigenvalue weighted by molar-refractivity contribution is -0.149. The Morgan fingerprint density at radius 1 is 1.35 bits per heavy atom. The van der Waals surface area contributed by atoms with Crippen LogP contribution in [0.25, 0.3) is 0 Å². The highest BCUT2D eigenvalue weighted by Gasteiger charge is 2.57. The van der Waals surface area contributed by atoms with Crippen LogP contribution in [0.2, 0.25) is 10.0 Å². The SMILES string of the molecule is CC(Cc1c(Cl)cccc1Cl)NC(=O)C1(C(=O)O)CC1. The Labute approximate surface area is 127 Å². The highest BCUT2D eigenvalue weighted by Crippen LogP contribution is 2.46. The Morgan fingerprint density at radius 2 is 1.90 bits per heavy atom. The van der Waals surface area contributed by atoms with Crippen LogP contribution in [0.4, 0.5) is 0 Å². The molecule has 4 nitrogen and oxygen atoms in total. The first-order valence-corrected chi connectivity index (χ1v) is 7.09. The van der Waals surface area contributed by atoms with Gasteiger partial charge >= 0.3 is 5.97 Å². The van der Waals surface area contributed by atoms with Gasteiger partial charge in [-0.2, -0.15) is 0 Å². The van der Waals surface area contributed by atoms with Crippen LogP contribution in [0.3, 0.4) is 0 Å². The van der Waals surface area contributed by atoms with E-state index >= 15 is 0 Å². The second-order valence-corrected chi connectivity index (χ2v) is 5.98. The average Bonchev–Trinajstić information content (AvgIpc) is 3.15. The first-order valence-electron chi connectivity index (χ1n) is 6.34. The normalized spacial score (nSPS) is 17.4. The molecule has 0 aliphatic heterocycles. The third-order valence-electron chi connectivity index (χ3n) is 3.54. The summed E-state index contributed by atoms with van der Waals surface area (Å²) in [5.74, 6) is -1.49. The first kappa shape index (κ1) is 15.1. The number of aliphatic carboxylic acids is 1.